The zero-order chi connectivity index (χ0) is 26.0. The summed E-state index contributed by atoms with van der Waals surface area (Å²) in [7, 11) is 0. The average molecular weight is 495 g/mol. The van der Waals surface area contributed by atoms with Crippen molar-refractivity contribution in [3.05, 3.63) is 0 Å². The van der Waals surface area contributed by atoms with E-state index in [2.05, 4.69) is 0 Å². The van der Waals surface area contributed by atoms with Crippen LogP contribution in [-0.4, -0.2) is 106 Å². The minimum Gasteiger partial charge on any atom is -0.480 e. The van der Waals surface area contributed by atoms with Gasteiger partial charge in [0.2, 0.25) is 5.91 Å². The molecule has 4 amide bonds. The number of nitrogens with two attached hydrogens (primary N) is 1. The summed E-state index contributed by atoms with van der Waals surface area (Å²) in [6.07, 6.45) is 0.423. The monoisotopic (exact) mass is 494 g/mol. The molecule has 0 spiro atoms. The van der Waals surface area contributed by atoms with Gasteiger partial charge in [0.25, 0.3) is 0 Å². The fourth-order valence-corrected chi connectivity index (χ4v) is 5.34. The summed E-state index contributed by atoms with van der Waals surface area (Å²) in [4.78, 5) is 55.9. The number of imide groups is 1. The summed E-state index contributed by atoms with van der Waals surface area (Å²) in [6, 6.07) is -1.84. The van der Waals surface area contributed by atoms with E-state index in [0.717, 1.165) is 11.3 Å². The zero-order valence-corrected chi connectivity index (χ0v) is 21.0. The molecule has 3 atom stereocenters. The van der Waals surface area contributed by atoms with Crippen molar-refractivity contribution in [1.82, 2.24) is 19.6 Å². The number of β-lactam (4-membered cyclic amide) rings is 1. The number of nitrogens with one attached hydrogen (secondary N) is 1. The number of aliphatic carboxylic acids is 1. The van der Waals surface area contributed by atoms with Crippen molar-refractivity contribution in [2.24, 2.45) is 29.4 Å². The topological polar surface area (TPSA) is 161 Å². The van der Waals surface area contributed by atoms with Crippen LogP contribution in [0.3, 0.4) is 0 Å². The van der Waals surface area contributed by atoms with Crippen molar-refractivity contribution in [2.45, 2.75) is 52.7 Å². The summed E-state index contributed by atoms with van der Waals surface area (Å²) >= 11 is 0. The molecule has 0 aromatic rings. The van der Waals surface area contributed by atoms with Gasteiger partial charge in [-0.15, -0.1) is 0 Å². The van der Waals surface area contributed by atoms with Crippen molar-refractivity contribution in [2.75, 3.05) is 39.3 Å². The fourth-order valence-electron chi connectivity index (χ4n) is 5.34. The third-order valence-electron chi connectivity index (χ3n) is 7.25. The molecule has 0 bridgehead atoms. The SMILES string of the molecule is CC(C)C(OC(=O)N1CCN(C(=O)N2C(=O)[C@H](CC3CCN(C(=N)N)C3)[C@H]2C(=O)O)CC1)C(C)C. The first-order chi connectivity index (χ1) is 16.4. The molecule has 3 heterocycles. The van der Waals surface area contributed by atoms with E-state index >= 15 is 0 Å². The van der Waals surface area contributed by atoms with E-state index in [0.29, 0.717) is 19.5 Å². The van der Waals surface area contributed by atoms with E-state index < -0.39 is 36.0 Å². The molecular weight excluding hydrogens is 456 g/mol. The molecule has 3 saturated heterocycles. The van der Waals surface area contributed by atoms with Gasteiger partial charge in [0.1, 0.15) is 6.10 Å². The van der Waals surface area contributed by atoms with Gasteiger partial charge in [0.15, 0.2) is 12.0 Å². The molecular formula is C23H38N6O6. The maximum Gasteiger partial charge on any atom is 0.410 e. The lowest BCUT2D eigenvalue weighted by atomic mass is 9.80. The van der Waals surface area contributed by atoms with Gasteiger partial charge in [-0.05, 0) is 30.6 Å². The van der Waals surface area contributed by atoms with Gasteiger partial charge < -0.3 is 30.3 Å². The van der Waals surface area contributed by atoms with Crippen LogP contribution in [0.15, 0.2) is 0 Å². The number of hydrogen-bond donors (Lipinski definition) is 3. The number of hydrogen-bond acceptors (Lipinski definition) is 6. The van der Waals surface area contributed by atoms with Gasteiger partial charge in [0.05, 0.1) is 5.92 Å². The number of urea groups is 1. The summed E-state index contributed by atoms with van der Waals surface area (Å²) in [5, 5.41) is 17.3. The molecule has 3 rings (SSSR count). The molecule has 12 heteroatoms. The van der Waals surface area contributed by atoms with E-state index in [-0.39, 0.29) is 56.0 Å². The minimum atomic E-state index is -1.21. The molecule has 3 aliphatic heterocycles. The number of likely N-dealkylation sites (tertiary alicyclic amines) is 2. The van der Waals surface area contributed by atoms with Crippen LogP contribution in [0.25, 0.3) is 0 Å². The lowest BCUT2D eigenvalue weighted by Gasteiger charge is -2.46. The molecule has 0 aromatic heterocycles. The first kappa shape index (κ1) is 26.6. The van der Waals surface area contributed by atoms with E-state index in [4.69, 9.17) is 15.9 Å². The highest BCUT2D eigenvalue weighted by Gasteiger charge is 2.56. The van der Waals surface area contributed by atoms with Crippen LogP contribution in [0.4, 0.5) is 9.59 Å². The Morgan fingerprint density at radius 2 is 1.60 bits per heavy atom. The Hall–Kier alpha value is -3.05. The Morgan fingerprint density at radius 1 is 1.03 bits per heavy atom. The van der Waals surface area contributed by atoms with Crippen molar-refractivity contribution in [3.8, 4) is 0 Å². The van der Waals surface area contributed by atoms with Crippen LogP contribution < -0.4 is 5.73 Å². The van der Waals surface area contributed by atoms with E-state index in [1.807, 2.05) is 27.7 Å². The highest BCUT2D eigenvalue weighted by atomic mass is 16.6. The number of amides is 4. The number of ether oxygens (including phenoxy) is 1. The lowest BCUT2D eigenvalue weighted by Crippen LogP contribution is -2.69. The fraction of sp³-hybridized carbons (Fsp3) is 0.783. The Morgan fingerprint density at radius 3 is 2.09 bits per heavy atom. The van der Waals surface area contributed by atoms with Crippen LogP contribution in [0, 0.1) is 29.1 Å². The second-order valence-electron chi connectivity index (χ2n) is 10.4. The molecule has 0 aromatic carbocycles. The number of nitrogens with zero attached hydrogens (tertiary/aromatic N) is 4. The molecule has 0 aliphatic carbocycles. The quantitative estimate of drug-likeness (QED) is 0.281. The second-order valence-corrected chi connectivity index (χ2v) is 10.4. The summed E-state index contributed by atoms with van der Waals surface area (Å²) < 4.78 is 5.67. The van der Waals surface area contributed by atoms with Gasteiger partial charge in [-0.25, -0.2) is 19.3 Å². The van der Waals surface area contributed by atoms with E-state index in [1.165, 1.54) is 9.80 Å². The Kier molecular flexibility index (Phi) is 8.11. The normalized spacial score (nSPS) is 24.9. The van der Waals surface area contributed by atoms with Crippen molar-refractivity contribution in [1.29, 1.82) is 5.41 Å². The van der Waals surface area contributed by atoms with Crippen molar-refractivity contribution in [3.63, 3.8) is 0 Å². The number of carbonyl (C=O) groups is 4. The Labute approximate surface area is 205 Å². The molecule has 196 valence electrons. The molecule has 0 radical (unpaired) electrons. The predicted octanol–water partition coefficient (Wildman–Crippen LogP) is 1.06. The third-order valence-corrected chi connectivity index (χ3v) is 7.25. The summed E-state index contributed by atoms with van der Waals surface area (Å²) in [5.74, 6) is -2.10. The number of carboxylic acid groups (broad SMARTS) is 1. The molecule has 3 aliphatic rings. The van der Waals surface area contributed by atoms with Gasteiger partial charge in [0, 0.05) is 39.3 Å². The number of carbonyl (C=O) groups excluding carboxylic acids is 3. The van der Waals surface area contributed by atoms with Gasteiger partial charge in [-0.3, -0.25) is 10.2 Å². The molecule has 4 N–H and O–H groups in total. The number of guanidine groups is 1. The van der Waals surface area contributed by atoms with Crippen LogP contribution in [0.1, 0.15) is 40.5 Å². The van der Waals surface area contributed by atoms with Gasteiger partial charge in [-0.2, -0.15) is 0 Å². The number of piperazine rings is 1. The molecule has 1 unspecified atom stereocenters. The average Bonchev–Trinajstić information content (AvgIpc) is 3.27. The molecule has 35 heavy (non-hydrogen) atoms. The van der Waals surface area contributed by atoms with Crippen LogP contribution in [0.2, 0.25) is 0 Å². The van der Waals surface area contributed by atoms with E-state index in [9.17, 15) is 24.3 Å². The molecule has 3 fully saturated rings. The molecule has 0 saturated carbocycles. The first-order valence-electron chi connectivity index (χ1n) is 12.3. The highest BCUT2D eigenvalue weighted by Crippen LogP contribution is 2.36. The predicted molar refractivity (Wildman–Crippen MR) is 126 cm³/mol. The van der Waals surface area contributed by atoms with Crippen LogP contribution in [0.5, 0.6) is 0 Å². The Balaban J connectivity index is 1.55. The van der Waals surface area contributed by atoms with Crippen molar-refractivity contribution >= 4 is 30.0 Å². The van der Waals surface area contributed by atoms with Gasteiger partial charge >= 0.3 is 18.1 Å². The van der Waals surface area contributed by atoms with Crippen molar-refractivity contribution < 1.29 is 29.0 Å². The first-order valence-corrected chi connectivity index (χ1v) is 12.3. The smallest absolute Gasteiger partial charge is 0.410 e. The number of carboxylic acids is 1. The summed E-state index contributed by atoms with van der Waals surface area (Å²) in [6.45, 7) is 9.98. The largest absolute Gasteiger partial charge is 0.480 e. The zero-order valence-electron chi connectivity index (χ0n) is 21.0. The molecule has 12 nitrogen and oxygen atoms in total. The minimum absolute atomic E-state index is 0.0361. The van der Waals surface area contributed by atoms with Gasteiger partial charge in [-0.1, -0.05) is 27.7 Å². The second kappa shape index (κ2) is 10.7. The van der Waals surface area contributed by atoms with Crippen LogP contribution >= 0.6 is 0 Å². The summed E-state index contributed by atoms with van der Waals surface area (Å²) in [5.41, 5.74) is 5.52. The Bertz CT molecular complexity index is 847. The highest BCUT2D eigenvalue weighted by molar-refractivity contribution is 6.07. The van der Waals surface area contributed by atoms with Crippen LogP contribution in [-0.2, 0) is 14.3 Å². The maximum atomic E-state index is 13.0. The third kappa shape index (κ3) is 5.62. The standard InChI is InChI=1S/C23H38N6O6/c1-13(2)18(14(3)4)35-23(34)27-9-7-26(8-10-27)22(33)29-17(20(31)32)16(19(29)30)11-15-5-6-28(12-15)21(24)25/h13-18H,5-12H2,1-4H3,(H3,24,25)(H,31,32)/t15?,16-,17+/m1/s1. The number of rotatable bonds is 6. The lowest BCUT2D eigenvalue weighted by molar-refractivity contribution is -0.167. The maximum absolute atomic E-state index is 13.0. The van der Waals surface area contributed by atoms with E-state index in [1.54, 1.807) is 4.90 Å².